The molecule has 1 atom stereocenters. The second kappa shape index (κ2) is 9.55. The maximum Gasteiger partial charge on any atom is 0.227 e. The molecule has 1 aliphatic heterocycles. The number of nitrogens with one attached hydrogen (secondary N) is 1. The van der Waals surface area contributed by atoms with E-state index in [1.807, 2.05) is 6.92 Å². The fourth-order valence-corrected chi connectivity index (χ4v) is 4.28. The summed E-state index contributed by atoms with van der Waals surface area (Å²) in [6.07, 6.45) is 2.78. The number of carbonyl (C=O) groups is 1. The zero-order chi connectivity index (χ0) is 20.9. The molecule has 0 aromatic heterocycles. The summed E-state index contributed by atoms with van der Waals surface area (Å²) < 4.78 is 5.59. The highest BCUT2D eigenvalue weighted by Crippen LogP contribution is 2.38. The topological polar surface area (TPSA) is 58.6 Å². The van der Waals surface area contributed by atoms with Gasteiger partial charge in [0.15, 0.2) is 0 Å². The number of benzene rings is 2. The summed E-state index contributed by atoms with van der Waals surface area (Å²) in [5, 5.41) is 12.6. The highest BCUT2D eigenvalue weighted by molar-refractivity contribution is 5.84. The van der Waals surface area contributed by atoms with Crippen molar-refractivity contribution in [1.82, 2.24) is 5.32 Å². The Labute approximate surface area is 174 Å². The largest absolute Gasteiger partial charge is 0.394 e. The van der Waals surface area contributed by atoms with Crippen molar-refractivity contribution in [3.05, 3.63) is 59.2 Å². The van der Waals surface area contributed by atoms with E-state index in [1.54, 1.807) is 0 Å². The summed E-state index contributed by atoms with van der Waals surface area (Å²) >= 11 is 0. The Morgan fingerprint density at radius 2 is 1.86 bits per heavy atom. The molecule has 1 saturated heterocycles. The molecule has 4 nitrogen and oxygen atoms in total. The van der Waals surface area contributed by atoms with Gasteiger partial charge in [0.2, 0.25) is 5.91 Å². The van der Waals surface area contributed by atoms with Gasteiger partial charge in [-0.3, -0.25) is 4.79 Å². The number of rotatable bonds is 7. The molecular weight excluding hydrogens is 362 g/mol. The highest BCUT2D eigenvalue weighted by Gasteiger charge is 2.41. The van der Waals surface area contributed by atoms with Crippen LogP contribution in [0.25, 0.3) is 11.1 Å². The number of hydrogen-bond acceptors (Lipinski definition) is 3. The first-order valence-electron chi connectivity index (χ1n) is 10.6. The fraction of sp³-hybridized carbons (Fsp3) is 0.480. The number of hydrogen-bond donors (Lipinski definition) is 2. The number of aliphatic hydroxyl groups excluding tert-OH is 1. The lowest BCUT2D eigenvalue weighted by molar-refractivity contribution is -0.137. The Bertz CT molecular complexity index is 836. The third-order valence-electron chi connectivity index (χ3n) is 6.20. The van der Waals surface area contributed by atoms with Crippen LogP contribution in [0.5, 0.6) is 0 Å². The van der Waals surface area contributed by atoms with Crippen molar-refractivity contribution in [2.24, 2.45) is 5.41 Å². The van der Waals surface area contributed by atoms with Crippen LogP contribution in [0.2, 0.25) is 0 Å². The minimum absolute atomic E-state index is 0.0338. The molecule has 1 amide bonds. The Kier molecular flexibility index (Phi) is 7.09. The summed E-state index contributed by atoms with van der Waals surface area (Å²) in [7, 11) is 0. The average Bonchev–Trinajstić information content (AvgIpc) is 2.73. The summed E-state index contributed by atoms with van der Waals surface area (Å²) in [6, 6.07) is 14.7. The maximum absolute atomic E-state index is 13.3. The Hall–Kier alpha value is -2.17. The van der Waals surface area contributed by atoms with Crippen molar-refractivity contribution < 1.29 is 14.6 Å². The third kappa shape index (κ3) is 4.88. The first-order valence-corrected chi connectivity index (χ1v) is 10.6. The molecule has 4 heteroatoms. The molecule has 0 bridgehead atoms. The maximum atomic E-state index is 13.3. The average molecular weight is 396 g/mol. The number of carbonyl (C=O) groups excluding carboxylic acids is 1. The Balaban J connectivity index is 1.96. The second-order valence-electron chi connectivity index (χ2n) is 8.31. The lowest BCUT2D eigenvalue weighted by Crippen LogP contribution is -2.50. The molecule has 1 aliphatic rings. The van der Waals surface area contributed by atoms with E-state index in [4.69, 9.17) is 4.74 Å². The van der Waals surface area contributed by atoms with Gasteiger partial charge in [0.25, 0.3) is 0 Å². The Morgan fingerprint density at radius 1 is 1.14 bits per heavy atom. The van der Waals surface area contributed by atoms with E-state index in [0.29, 0.717) is 38.9 Å². The predicted octanol–water partition coefficient (Wildman–Crippen LogP) is 4.20. The van der Waals surface area contributed by atoms with Crippen LogP contribution in [0.4, 0.5) is 0 Å². The number of aryl methyl sites for hydroxylation is 2. The molecule has 156 valence electrons. The van der Waals surface area contributed by atoms with E-state index in [2.05, 4.69) is 61.6 Å². The van der Waals surface area contributed by atoms with Gasteiger partial charge in [-0.25, -0.2) is 0 Å². The minimum atomic E-state index is -0.504. The van der Waals surface area contributed by atoms with Crippen LogP contribution < -0.4 is 5.32 Å². The first-order chi connectivity index (χ1) is 14.0. The zero-order valence-corrected chi connectivity index (χ0v) is 17.8. The number of ether oxygens (including phenoxy) is 1. The van der Waals surface area contributed by atoms with Gasteiger partial charge in [-0.2, -0.15) is 0 Å². The molecule has 0 spiro atoms. The predicted molar refractivity (Wildman–Crippen MR) is 117 cm³/mol. The Morgan fingerprint density at radius 3 is 2.52 bits per heavy atom. The molecule has 29 heavy (non-hydrogen) atoms. The van der Waals surface area contributed by atoms with Gasteiger partial charge in [0, 0.05) is 13.2 Å². The van der Waals surface area contributed by atoms with E-state index in [0.717, 1.165) is 0 Å². The van der Waals surface area contributed by atoms with Crippen LogP contribution in [0.1, 0.15) is 42.9 Å². The smallest absolute Gasteiger partial charge is 0.227 e. The number of amides is 1. The second-order valence-corrected chi connectivity index (χ2v) is 8.31. The van der Waals surface area contributed by atoms with Crippen LogP contribution in [0.15, 0.2) is 42.5 Å². The van der Waals surface area contributed by atoms with Crippen molar-refractivity contribution in [3.63, 3.8) is 0 Å². The van der Waals surface area contributed by atoms with Crippen molar-refractivity contribution >= 4 is 5.91 Å². The van der Waals surface area contributed by atoms with Crippen LogP contribution in [-0.4, -0.2) is 36.9 Å². The van der Waals surface area contributed by atoms with Crippen molar-refractivity contribution in [1.29, 1.82) is 0 Å². The SMILES string of the molecule is CC[C@@H](CO)NC(=O)C1(Cc2ccccc2-c2ccc(C)cc2C)CCOCC1. The van der Waals surface area contributed by atoms with E-state index in [1.165, 1.54) is 27.8 Å². The standard InChI is InChI=1S/C25H33NO3/c1-4-21(17-27)26-24(28)25(11-13-29-14-12-25)16-20-7-5-6-8-23(20)22-10-9-18(2)15-19(22)3/h5-10,15,21,27H,4,11-14,16-17H2,1-3H3,(H,26,28)/t21-/m0/s1. The number of aliphatic hydroxyl groups is 1. The lowest BCUT2D eigenvalue weighted by Gasteiger charge is -2.37. The van der Waals surface area contributed by atoms with Crippen molar-refractivity contribution in [3.8, 4) is 11.1 Å². The molecule has 0 unspecified atom stereocenters. The molecule has 3 rings (SSSR count). The molecule has 1 heterocycles. The van der Waals surface area contributed by atoms with Gasteiger partial charge in [0.1, 0.15) is 0 Å². The van der Waals surface area contributed by atoms with E-state index in [-0.39, 0.29) is 18.6 Å². The van der Waals surface area contributed by atoms with Crippen LogP contribution in [0.3, 0.4) is 0 Å². The van der Waals surface area contributed by atoms with Gasteiger partial charge in [0.05, 0.1) is 18.1 Å². The van der Waals surface area contributed by atoms with Gasteiger partial charge in [-0.1, -0.05) is 55.0 Å². The molecule has 0 saturated carbocycles. The molecular formula is C25H33NO3. The molecule has 2 aromatic carbocycles. The molecule has 0 aliphatic carbocycles. The summed E-state index contributed by atoms with van der Waals surface area (Å²) in [5.41, 5.74) is 5.59. The summed E-state index contributed by atoms with van der Waals surface area (Å²) in [4.78, 5) is 13.3. The van der Waals surface area contributed by atoms with Gasteiger partial charge in [-0.15, -0.1) is 0 Å². The summed E-state index contributed by atoms with van der Waals surface area (Å²) in [5.74, 6) is 0.0390. The first kappa shape index (κ1) is 21.5. The van der Waals surface area contributed by atoms with E-state index >= 15 is 0 Å². The molecule has 2 aromatic rings. The molecule has 0 radical (unpaired) electrons. The summed E-state index contributed by atoms with van der Waals surface area (Å²) in [6.45, 7) is 7.38. The monoisotopic (exact) mass is 395 g/mol. The lowest BCUT2D eigenvalue weighted by atomic mass is 9.73. The van der Waals surface area contributed by atoms with Gasteiger partial charge >= 0.3 is 0 Å². The highest BCUT2D eigenvalue weighted by atomic mass is 16.5. The van der Waals surface area contributed by atoms with Crippen molar-refractivity contribution in [2.45, 2.75) is 52.5 Å². The molecule has 2 N–H and O–H groups in total. The fourth-order valence-electron chi connectivity index (χ4n) is 4.28. The van der Waals surface area contributed by atoms with Gasteiger partial charge in [-0.05, 0) is 61.8 Å². The van der Waals surface area contributed by atoms with E-state index in [9.17, 15) is 9.90 Å². The van der Waals surface area contributed by atoms with E-state index < -0.39 is 5.41 Å². The van der Waals surface area contributed by atoms with Crippen LogP contribution in [-0.2, 0) is 16.0 Å². The minimum Gasteiger partial charge on any atom is -0.394 e. The molecule has 1 fully saturated rings. The van der Waals surface area contributed by atoms with Crippen molar-refractivity contribution in [2.75, 3.05) is 19.8 Å². The van der Waals surface area contributed by atoms with Crippen LogP contribution >= 0.6 is 0 Å². The normalized spacial score (nSPS) is 17.0. The van der Waals surface area contributed by atoms with Gasteiger partial charge < -0.3 is 15.2 Å². The quantitative estimate of drug-likeness (QED) is 0.739. The zero-order valence-electron chi connectivity index (χ0n) is 17.8. The van der Waals surface area contributed by atoms with Crippen LogP contribution in [0, 0.1) is 19.3 Å². The third-order valence-corrected chi connectivity index (χ3v) is 6.20.